The number of aryl methyl sites for hydroxylation is 2. The van der Waals surface area contributed by atoms with Gasteiger partial charge in [0.1, 0.15) is 0 Å². The highest BCUT2D eigenvalue weighted by atomic mass is 16.5. The molecule has 1 saturated carbocycles. The summed E-state index contributed by atoms with van der Waals surface area (Å²) in [7, 11) is 0. The number of hydrogen-bond donors (Lipinski definition) is 0. The zero-order valence-electron chi connectivity index (χ0n) is 16.0. The molecule has 2 aromatic heterocycles. The van der Waals surface area contributed by atoms with Crippen LogP contribution in [0, 0.1) is 13.8 Å². The average Bonchev–Trinajstić information content (AvgIpc) is 3.12. The van der Waals surface area contributed by atoms with E-state index in [0.717, 1.165) is 36.2 Å². The van der Waals surface area contributed by atoms with Gasteiger partial charge in [0, 0.05) is 24.6 Å². The number of rotatable bonds is 4. The summed E-state index contributed by atoms with van der Waals surface area (Å²) in [6, 6.07) is 5.96. The van der Waals surface area contributed by atoms with Crippen LogP contribution in [0.25, 0.3) is 11.6 Å². The van der Waals surface area contributed by atoms with Crippen molar-refractivity contribution in [3.05, 3.63) is 46.9 Å². The SMILES string of the molecule is Cc1ccc(C(=O)N2CC[C@@H](n3cc(-c4nc(C5CC5)no4)nn3)C2)cc1C. The summed E-state index contributed by atoms with van der Waals surface area (Å²) in [5.41, 5.74) is 3.64. The van der Waals surface area contributed by atoms with Crippen LogP contribution in [0.5, 0.6) is 0 Å². The first-order valence-corrected chi connectivity index (χ1v) is 9.71. The maximum Gasteiger partial charge on any atom is 0.280 e. The van der Waals surface area contributed by atoms with Gasteiger partial charge in [0.2, 0.25) is 0 Å². The molecule has 5 rings (SSSR count). The molecule has 2 fully saturated rings. The van der Waals surface area contributed by atoms with Gasteiger partial charge in [0.15, 0.2) is 11.5 Å². The molecule has 144 valence electrons. The van der Waals surface area contributed by atoms with Gasteiger partial charge in [-0.15, -0.1) is 5.10 Å². The van der Waals surface area contributed by atoms with E-state index < -0.39 is 0 Å². The number of amides is 1. The van der Waals surface area contributed by atoms with Crippen molar-refractivity contribution in [2.24, 2.45) is 0 Å². The number of carbonyl (C=O) groups excluding carboxylic acids is 1. The van der Waals surface area contributed by atoms with E-state index in [2.05, 4.69) is 27.4 Å². The second-order valence-electron chi connectivity index (χ2n) is 7.81. The lowest BCUT2D eigenvalue weighted by molar-refractivity contribution is 0.0787. The normalized spacial score (nSPS) is 19.4. The molecule has 1 saturated heterocycles. The molecular formula is C20H22N6O2. The van der Waals surface area contributed by atoms with Crippen LogP contribution in [0.3, 0.4) is 0 Å². The summed E-state index contributed by atoms with van der Waals surface area (Å²) in [5, 5.41) is 12.5. The maximum absolute atomic E-state index is 12.8. The minimum atomic E-state index is 0.0666. The molecule has 3 heterocycles. The summed E-state index contributed by atoms with van der Waals surface area (Å²) in [4.78, 5) is 19.1. The summed E-state index contributed by atoms with van der Waals surface area (Å²) < 4.78 is 7.13. The Bertz CT molecular complexity index is 1040. The Hall–Kier alpha value is -3.03. The van der Waals surface area contributed by atoms with Crippen molar-refractivity contribution in [3.8, 4) is 11.6 Å². The molecule has 8 nitrogen and oxygen atoms in total. The van der Waals surface area contributed by atoms with Crippen LogP contribution in [0.1, 0.15) is 58.5 Å². The molecule has 0 unspecified atom stereocenters. The van der Waals surface area contributed by atoms with Gasteiger partial charge >= 0.3 is 0 Å². The monoisotopic (exact) mass is 378 g/mol. The molecule has 0 spiro atoms. The van der Waals surface area contributed by atoms with Gasteiger partial charge in [-0.2, -0.15) is 4.98 Å². The topological polar surface area (TPSA) is 89.9 Å². The van der Waals surface area contributed by atoms with Crippen LogP contribution >= 0.6 is 0 Å². The fraction of sp³-hybridized carbons (Fsp3) is 0.450. The predicted octanol–water partition coefficient (Wildman–Crippen LogP) is 2.91. The van der Waals surface area contributed by atoms with Gasteiger partial charge in [-0.05, 0) is 56.4 Å². The van der Waals surface area contributed by atoms with Crippen LogP contribution in [0.15, 0.2) is 28.9 Å². The Kier molecular flexibility index (Phi) is 3.99. The van der Waals surface area contributed by atoms with Gasteiger partial charge in [-0.1, -0.05) is 16.4 Å². The number of likely N-dealkylation sites (tertiary alicyclic amines) is 1. The van der Waals surface area contributed by atoms with E-state index in [0.29, 0.717) is 30.6 Å². The van der Waals surface area contributed by atoms with Crippen molar-refractivity contribution in [1.82, 2.24) is 30.0 Å². The molecule has 1 amide bonds. The molecule has 1 atom stereocenters. The van der Waals surface area contributed by atoms with Crippen molar-refractivity contribution in [2.45, 2.75) is 45.1 Å². The Morgan fingerprint density at radius 2 is 2.04 bits per heavy atom. The molecule has 0 radical (unpaired) electrons. The number of aromatic nitrogens is 5. The lowest BCUT2D eigenvalue weighted by Gasteiger charge is -2.17. The quantitative estimate of drug-likeness (QED) is 0.693. The molecular weight excluding hydrogens is 356 g/mol. The van der Waals surface area contributed by atoms with Crippen LogP contribution < -0.4 is 0 Å². The van der Waals surface area contributed by atoms with E-state index in [1.165, 1.54) is 5.56 Å². The number of benzene rings is 1. The first kappa shape index (κ1) is 17.1. The van der Waals surface area contributed by atoms with Gasteiger partial charge in [-0.3, -0.25) is 4.79 Å². The number of carbonyl (C=O) groups is 1. The Morgan fingerprint density at radius 1 is 1.18 bits per heavy atom. The summed E-state index contributed by atoms with van der Waals surface area (Å²) in [6.45, 7) is 5.40. The first-order chi connectivity index (χ1) is 13.6. The van der Waals surface area contributed by atoms with E-state index >= 15 is 0 Å². The summed E-state index contributed by atoms with van der Waals surface area (Å²) in [6.07, 6.45) is 4.92. The smallest absolute Gasteiger partial charge is 0.280 e. The van der Waals surface area contributed by atoms with E-state index in [1.54, 1.807) is 0 Å². The summed E-state index contributed by atoms with van der Waals surface area (Å²) >= 11 is 0. The average molecular weight is 378 g/mol. The highest BCUT2D eigenvalue weighted by molar-refractivity contribution is 5.94. The number of hydrogen-bond acceptors (Lipinski definition) is 6. The summed E-state index contributed by atoms with van der Waals surface area (Å²) in [5.74, 6) is 1.68. The highest BCUT2D eigenvalue weighted by Gasteiger charge is 2.31. The molecule has 0 N–H and O–H groups in total. The van der Waals surface area contributed by atoms with E-state index in [4.69, 9.17) is 4.52 Å². The second-order valence-corrected chi connectivity index (χ2v) is 7.81. The van der Waals surface area contributed by atoms with Crippen LogP contribution in [-0.2, 0) is 0 Å². The predicted molar refractivity (Wildman–Crippen MR) is 101 cm³/mol. The molecule has 0 bridgehead atoms. The fourth-order valence-corrected chi connectivity index (χ4v) is 3.60. The fourth-order valence-electron chi connectivity index (χ4n) is 3.60. The Labute approximate surface area is 162 Å². The Morgan fingerprint density at radius 3 is 2.82 bits per heavy atom. The highest BCUT2D eigenvalue weighted by Crippen LogP contribution is 2.38. The molecule has 28 heavy (non-hydrogen) atoms. The van der Waals surface area contributed by atoms with E-state index in [1.807, 2.05) is 40.9 Å². The molecule has 3 aromatic rings. The molecule has 8 heteroatoms. The first-order valence-electron chi connectivity index (χ1n) is 9.71. The van der Waals surface area contributed by atoms with Crippen LogP contribution in [0.2, 0.25) is 0 Å². The van der Waals surface area contributed by atoms with Gasteiger partial charge in [0.05, 0.1) is 12.2 Å². The van der Waals surface area contributed by atoms with Crippen molar-refractivity contribution in [1.29, 1.82) is 0 Å². The maximum atomic E-state index is 12.8. The minimum Gasteiger partial charge on any atom is -0.336 e. The third-order valence-corrected chi connectivity index (χ3v) is 5.69. The molecule has 2 aliphatic rings. The van der Waals surface area contributed by atoms with Crippen molar-refractivity contribution < 1.29 is 9.32 Å². The van der Waals surface area contributed by atoms with Crippen molar-refractivity contribution in [3.63, 3.8) is 0 Å². The van der Waals surface area contributed by atoms with Gasteiger partial charge < -0.3 is 9.42 Å². The van der Waals surface area contributed by atoms with Crippen molar-refractivity contribution in [2.75, 3.05) is 13.1 Å². The third kappa shape index (κ3) is 3.08. The van der Waals surface area contributed by atoms with Gasteiger partial charge in [0.25, 0.3) is 11.8 Å². The Balaban J connectivity index is 1.28. The van der Waals surface area contributed by atoms with E-state index in [-0.39, 0.29) is 11.9 Å². The minimum absolute atomic E-state index is 0.0666. The standard InChI is InChI=1S/C20H22N6O2/c1-12-3-4-15(9-13(12)2)20(27)25-8-7-16(10-25)26-11-17(22-24-26)19-21-18(23-28-19)14-5-6-14/h3-4,9,11,14,16H,5-8,10H2,1-2H3/t16-/m1/s1. The number of nitrogens with zero attached hydrogens (tertiary/aromatic N) is 6. The van der Waals surface area contributed by atoms with Crippen molar-refractivity contribution >= 4 is 5.91 Å². The van der Waals surface area contributed by atoms with E-state index in [9.17, 15) is 4.79 Å². The van der Waals surface area contributed by atoms with Crippen LogP contribution in [-0.4, -0.2) is 49.0 Å². The second kappa shape index (κ2) is 6.54. The lowest BCUT2D eigenvalue weighted by Crippen LogP contribution is -2.29. The molecule has 1 aliphatic carbocycles. The largest absolute Gasteiger partial charge is 0.336 e. The lowest BCUT2D eigenvalue weighted by atomic mass is 10.1. The zero-order chi connectivity index (χ0) is 19.3. The molecule has 1 aromatic carbocycles. The zero-order valence-corrected chi connectivity index (χ0v) is 16.0. The third-order valence-electron chi connectivity index (χ3n) is 5.69. The molecule has 1 aliphatic heterocycles. The van der Waals surface area contributed by atoms with Crippen LogP contribution in [0.4, 0.5) is 0 Å². The van der Waals surface area contributed by atoms with Gasteiger partial charge in [-0.25, -0.2) is 4.68 Å².